The highest BCUT2D eigenvalue weighted by Crippen LogP contribution is 2.36. The van der Waals surface area contributed by atoms with Crippen LogP contribution in [0.4, 0.5) is 0 Å². The first-order chi connectivity index (χ1) is 10.1. The number of rotatable bonds is 3. The molecule has 0 radical (unpaired) electrons. The molecule has 1 aromatic rings. The van der Waals surface area contributed by atoms with Crippen molar-refractivity contribution in [3.63, 3.8) is 0 Å². The van der Waals surface area contributed by atoms with Gasteiger partial charge in [0.2, 0.25) is 0 Å². The van der Waals surface area contributed by atoms with E-state index in [-0.39, 0.29) is 12.0 Å². The van der Waals surface area contributed by atoms with Gasteiger partial charge in [0.05, 0.1) is 6.10 Å². The first-order valence-corrected chi connectivity index (χ1v) is 7.85. The zero-order valence-corrected chi connectivity index (χ0v) is 13.1. The van der Waals surface area contributed by atoms with Gasteiger partial charge in [-0.1, -0.05) is 13.0 Å². The SMILES string of the molecule is CCC(C)Oc1ccc2c(c1)C(=O)NC[C@H]1CN(C)C[C@H]21. The number of benzene rings is 1. The third kappa shape index (κ3) is 2.77. The molecule has 0 saturated carbocycles. The summed E-state index contributed by atoms with van der Waals surface area (Å²) in [6.07, 6.45) is 1.13. The Hall–Kier alpha value is -1.55. The fourth-order valence-electron chi connectivity index (χ4n) is 3.41. The number of likely N-dealkylation sites (N-methyl/N-ethyl adjacent to an activating group) is 1. The quantitative estimate of drug-likeness (QED) is 0.927. The molecule has 0 spiro atoms. The van der Waals surface area contributed by atoms with Crippen molar-refractivity contribution in [2.75, 3.05) is 26.7 Å². The Balaban J connectivity index is 1.94. The van der Waals surface area contributed by atoms with E-state index in [4.69, 9.17) is 4.74 Å². The molecule has 3 atom stereocenters. The summed E-state index contributed by atoms with van der Waals surface area (Å²) < 4.78 is 5.86. The third-order valence-electron chi connectivity index (χ3n) is 4.73. The molecule has 0 bridgehead atoms. The van der Waals surface area contributed by atoms with Gasteiger partial charge in [-0.05, 0) is 44.0 Å². The van der Waals surface area contributed by atoms with Gasteiger partial charge in [-0.2, -0.15) is 0 Å². The van der Waals surface area contributed by atoms with Crippen molar-refractivity contribution in [3.05, 3.63) is 29.3 Å². The summed E-state index contributed by atoms with van der Waals surface area (Å²) in [5, 5.41) is 3.07. The number of hydrogen-bond acceptors (Lipinski definition) is 3. The van der Waals surface area contributed by atoms with Crippen molar-refractivity contribution < 1.29 is 9.53 Å². The van der Waals surface area contributed by atoms with Crippen LogP contribution in [0, 0.1) is 5.92 Å². The molecule has 4 nitrogen and oxygen atoms in total. The maximum Gasteiger partial charge on any atom is 0.251 e. The van der Waals surface area contributed by atoms with Gasteiger partial charge >= 0.3 is 0 Å². The molecule has 114 valence electrons. The highest BCUT2D eigenvalue weighted by molar-refractivity contribution is 5.96. The summed E-state index contributed by atoms with van der Waals surface area (Å²) in [4.78, 5) is 14.7. The predicted molar refractivity (Wildman–Crippen MR) is 82.9 cm³/mol. The van der Waals surface area contributed by atoms with E-state index in [2.05, 4.69) is 30.3 Å². The van der Waals surface area contributed by atoms with Crippen LogP contribution in [0.1, 0.15) is 42.1 Å². The molecule has 0 aromatic heterocycles. The van der Waals surface area contributed by atoms with E-state index in [1.54, 1.807) is 0 Å². The van der Waals surface area contributed by atoms with Gasteiger partial charge in [0, 0.05) is 31.1 Å². The Labute approximate surface area is 126 Å². The molecule has 0 aliphatic carbocycles. The van der Waals surface area contributed by atoms with E-state index in [0.717, 1.165) is 37.4 Å². The summed E-state index contributed by atoms with van der Waals surface area (Å²) in [5.74, 6) is 1.79. The highest BCUT2D eigenvalue weighted by Gasteiger charge is 2.36. The van der Waals surface area contributed by atoms with Gasteiger partial charge in [-0.3, -0.25) is 4.79 Å². The normalized spacial score (nSPS) is 26.5. The van der Waals surface area contributed by atoms with Crippen LogP contribution in [0.25, 0.3) is 0 Å². The Morgan fingerprint density at radius 2 is 2.24 bits per heavy atom. The number of ether oxygens (including phenoxy) is 1. The number of carbonyl (C=O) groups excluding carboxylic acids is 1. The second-order valence-electron chi connectivity index (χ2n) is 6.38. The van der Waals surface area contributed by atoms with Crippen LogP contribution in [0.5, 0.6) is 5.75 Å². The molecule has 21 heavy (non-hydrogen) atoms. The smallest absolute Gasteiger partial charge is 0.251 e. The van der Waals surface area contributed by atoms with E-state index < -0.39 is 0 Å². The molecule has 1 saturated heterocycles. The van der Waals surface area contributed by atoms with Crippen LogP contribution in [0.3, 0.4) is 0 Å². The summed E-state index contributed by atoms with van der Waals surface area (Å²) >= 11 is 0. The van der Waals surface area contributed by atoms with Crippen LogP contribution in [-0.4, -0.2) is 43.6 Å². The molecule has 3 rings (SSSR count). The maximum absolute atomic E-state index is 12.3. The molecule has 1 unspecified atom stereocenters. The number of hydrogen-bond donors (Lipinski definition) is 1. The molecule has 1 N–H and O–H groups in total. The van der Waals surface area contributed by atoms with Gasteiger partial charge in [0.1, 0.15) is 5.75 Å². The lowest BCUT2D eigenvalue weighted by Crippen LogP contribution is -2.29. The van der Waals surface area contributed by atoms with Crippen LogP contribution < -0.4 is 10.1 Å². The Morgan fingerprint density at radius 3 is 3.00 bits per heavy atom. The lowest BCUT2D eigenvalue weighted by atomic mass is 9.87. The standard InChI is InChI=1S/C17H24N2O2/c1-4-11(2)21-13-5-6-14-15(7-13)17(20)18-8-12-9-19(3)10-16(12)14/h5-7,11-12,16H,4,8-10H2,1-3H3,(H,18,20)/t11?,12-,16-/m0/s1. The molecular formula is C17H24N2O2. The Kier molecular flexibility index (Phi) is 3.89. The summed E-state index contributed by atoms with van der Waals surface area (Å²) in [7, 11) is 2.15. The zero-order chi connectivity index (χ0) is 15.0. The Morgan fingerprint density at radius 1 is 1.43 bits per heavy atom. The van der Waals surface area contributed by atoms with Crippen LogP contribution in [0.15, 0.2) is 18.2 Å². The number of nitrogens with zero attached hydrogens (tertiary/aromatic N) is 1. The maximum atomic E-state index is 12.3. The predicted octanol–water partition coefficient (Wildman–Crippen LogP) is 2.25. The first kappa shape index (κ1) is 14.4. The van der Waals surface area contributed by atoms with Gasteiger partial charge in [-0.25, -0.2) is 0 Å². The second-order valence-corrected chi connectivity index (χ2v) is 6.38. The van der Waals surface area contributed by atoms with Crippen molar-refractivity contribution >= 4 is 5.91 Å². The Bertz CT molecular complexity index is 544. The minimum absolute atomic E-state index is 0.0386. The summed E-state index contributed by atoms with van der Waals surface area (Å²) in [6, 6.07) is 6.02. The lowest BCUT2D eigenvalue weighted by molar-refractivity contribution is 0.0950. The van der Waals surface area contributed by atoms with Gasteiger partial charge < -0.3 is 15.0 Å². The number of likely N-dealkylation sites (tertiary alicyclic amines) is 1. The minimum Gasteiger partial charge on any atom is -0.491 e. The summed E-state index contributed by atoms with van der Waals surface area (Å²) in [5.41, 5.74) is 1.97. The molecule has 2 aliphatic rings. The van der Waals surface area contributed by atoms with Gasteiger partial charge in [0.25, 0.3) is 5.91 Å². The van der Waals surface area contributed by atoms with Gasteiger partial charge in [-0.15, -0.1) is 0 Å². The first-order valence-electron chi connectivity index (χ1n) is 7.85. The van der Waals surface area contributed by atoms with E-state index in [0.29, 0.717) is 11.8 Å². The topological polar surface area (TPSA) is 41.6 Å². The molecule has 4 heteroatoms. The van der Waals surface area contributed by atoms with E-state index in [1.807, 2.05) is 19.1 Å². The second kappa shape index (κ2) is 5.68. The number of amides is 1. The van der Waals surface area contributed by atoms with Crippen LogP contribution in [-0.2, 0) is 0 Å². The largest absolute Gasteiger partial charge is 0.491 e. The number of fused-ring (bicyclic) bond motifs is 3. The molecule has 1 fully saturated rings. The van der Waals surface area contributed by atoms with Gasteiger partial charge in [0.15, 0.2) is 0 Å². The molecule has 1 amide bonds. The zero-order valence-electron chi connectivity index (χ0n) is 13.1. The molecule has 2 aliphatic heterocycles. The van der Waals surface area contributed by atoms with E-state index >= 15 is 0 Å². The van der Waals surface area contributed by atoms with Crippen LogP contribution in [0.2, 0.25) is 0 Å². The number of carbonyl (C=O) groups is 1. The third-order valence-corrected chi connectivity index (χ3v) is 4.73. The average molecular weight is 288 g/mol. The average Bonchev–Trinajstić information content (AvgIpc) is 2.80. The highest BCUT2D eigenvalue weighted by atomic mass is 16.5. The van der Waals surface area contributed by atoms with E-state index in [9.17, 15) is 4.79 Å². The molecule has 2 heterocycles. The fourth-order valence-corrected chi connectivity index (χ4v) is 3.41. The van der Waals surface area contributed by atoms with Crippen molar-refractivity contribution in [1.82, 2.24) is 10.2 Å². The van der Waals surface area contributed by atoms with Crippen molar-refractivity contribution in [2.45, 2.75) is 32.3 Å². The minimum atomic E-state index is 0.0386. The van der Waals surface area contributed by atoms with E-state index in [1.165, 1.54) is 5.56 Å². The fraction of sp³-hybridized carbons (Fsp3) is 0.588. The molecular weight excluding hydrogens is 264 g/mol. The van der Waals surface area contributed by atoms with Crippen molar-refractivity contribution in [1.29, 1.82) is 0 Å². The number of nitrogens with one attached hydrogen (secondary N) is 1. The lowest BCUT2D eigenvalue weighted by Gasteiger charge is -2.18. The monoisotopic (exact) mass is 288 g/mol. The van der Waals surface area contributed by atoms with Crippen molar-refractivity contribution in [2.24, 2.45) is 5.92 Å². The van der Waals surface area contributed by atoms with Crippen molar-refractivity contribution in [3.8, 4) is 5.75 Å². The molecule has 1 aromatic carbocycles. The summed E-state index contributed by atoms with van der Waals surface area (Å²) in [6.45, 7) is 6.99. The van der Waals surface area contributed by atoms with Crippen LogP contribution >= 0.6 is 0 Å².